The molecule has 0 saturated carbocycles. The molecule has 3 heteroatoms. The molecule has 2 saturated heterocycles. The van der Waals surface area contributed by atoms with Gasteiger partial charge in [0.15, 0.2) is 0 Å². The van der Waals surface area contributed by atoms with E-state index in [-0.39, 0.29) is 6.04 Å². The van der Waals surface area contributed by atoms with Gasteiger partial charge in [-0.05, 0) is 12.8 Å². The maximum atomic E-state index is 5.52. The first kappa shape index (κ1) is 9.97. The number of terminal acetylenes is 1. The highest BCUT2D eigenvalue weighted by Crippen LogP contribution is 2.17. The second-order valence-electron chi connectivity index (χ2n) is 4.00. The minimum absolute atomic E-state index is 0.157. The van der Waals surface area contributed by atoms with Crippen LogP contribution in [0.4, 0.5) is 0 Å². The van der Waals surface area contributed by atoms with Crippen molar-refractivity contribution in [2.75, 3.05) is 26.4 Å². The zero-order valence-electron chi connectivity index (χ0n) is 8.37. The van der Waals surface area contributed by atoms with Gasteiger partial charge in [-0.15, -0.1) is 6.42 Å². The van der Waals surface area contributed by atoms with Gasteiger partial charge in [-0.1, -0.05) is 5.92 Å². The summed E-state index contributed by atoms with van der Waals surface area (Å²) in [4.78, 5) is 0. The minimum Gasteiger partial charge on any atom is -0.381 e. The largest absolute Gasteiger partial charge is 0.381 e. The van der Waals surface area contributed by atoms with Crippen molar-refractivity contribution in [2.45, 2.75) is 24.9 Å². The van der Waals surface area contributed by atoms with Crippen molar-refractivity contribution in [3.05, 3.63) is 0 Å². The van der Waals surface area contributed by atoms with Gasteiger partial charge in [0, 0.05) is 25.2 Å². The summed E-state index contributed by atoms with van der Waals surface area (Å²) >= 11 is 0. The van der Waals surface area contributed by atoms with Crippen LogP contribution in [-0.4, -0.2) is 38.5 Å². The number of hydrogen-bond acceptors (Lipinski definition) is 3. The molecule has 3 atom stereocenters. The Hall–Kier alpha value is -0.560. The maximum absolute atomic E-state index is 5.52. The van der Waals surface area contributed by atoms with Gasteiger partial charge in [-0.3, -0.25) is 5.32 Å². The lowest BCUT2D eigenvalue weighted by Gasteiger charge is -2.21. The molecule has 1 N–H and O–H groups in total. The van der Waals surface area contributed by atoms with Crippen molar-refractivity contribution in [1.29, 1.82) is 0 Å². The predicted molar refractivity (Wildman–Crippen MR) is 53.9 cm³/mol. The number of rotatable bonds is 3. The Labute approximate surface area is 85.2 Å². The van der Waals surface area contributed by atoms with E-state index in [0.717, 1.165) is 39.3 Å². The van der Waals surface area contributed by atoms with Gasteiger partial charge in [0.2, 0.25) is 0 Å². The smallest absolute Gasteiger partial charge is 0.0741 e. The highest BCUT2D eigenvalue weighted by atomic mass is 16.5. The lowest BCUT2D eigenvalue weighted by Crippen LogP contribution is -2.42. The van der Waals surface area contributed by atoms with Gasteiger partial charge < -0.3 is 9.47 Å². The van der Waals surface area contributed by atoms with Crippen molar-refractivity contribution in [2.24, 2.45) is 5.92 Å². The molecule has 0 aliphatic carbocycles. The Balaban J connectivity index is 1.83. The van der Waals surface area contributed by atoms with Crippen molar-refractivity contribution >= 4 is 0 Å². The Bertz CT molecular complexity index is 212. The van der Waals surface area contributed by atoms with Gasteiger partial charge in [-0.2, -0.15) is 0 Å². The van der Waals surface area contributed by atoms with Crippen LogP contribution in [0.3, 0.4) is 0 Å². The minimum atomic E-state index is 0.157. The molecule has 2 fully saturated rings. The van der Waals surface area contributed by atoms with Crippen LogP contribution in [0.25, 0.3) is 0 Å². The van der Waals surface area contributed by atoms with Crippen LogP contribution in [0.2, 0.25) is 0 Å². The third kappa shape index (κ3) is 2.27. The quantitative estimate of drug-likeness (QED) is 0.661. The summed E-state index contributed by atoms with van der Waals surface area (Å²) in [6, 6.07) is 0.598. The van der Waals surface area contributed by atoms with Crippen LogP contribution >= 0.6 is 0 Å². The first-order valence-corrected chi connectivity index (χ1v) is 5.28. The highest BCUT2D eigenvalue weighted by molar-refractivity contribution is 5.04. The molecule has 2 heterocycles. The Morgan fingerprint density at radius 2 is 2.00 bits per heavy atom. The lowest BCUT2D eigenvalue weighted by molar-refractivity contribution is 0.174. The second-order valence-corrected chi connectivity index (χ2v) is 4.00. The third-order valence-corrected chi connectivity index (χ3v) is 2.96. The van der Waals surface area contributed by atoms with Crippen LogP contribution in [0.5, 0.6) is 0 Å². The summed E-state index contributed by atoms with van der Waals surface area (Å²) in [7, 11) is 0. The number of nitrogens with one attached hydrogen (secondary N) is 1. The molecule has 3 unspecified atom stereocenters. The third-order valence-electron chi connectivity index (χ3n) is 2.96. The first-order chi connectivity index (χ1) is 6.90. The SMILES string of the molecule is C#CC(NC1CCOC1)C1CCOC1. The van der Waals surface area contributed by atoms with Gasteiger partial charge >= 0.3 is 0 Å². The van der Waals surface area contributed by atoms with E-state index in [9.17, 15) is 0 Å². The predicted octanol–water partition coefficient (Wildman–Crippen LogP) is 0.403. The molecule has 3 nitrogen and oxygen atoms in total. The zero-order valence-corrected chi connectivity index (χ0v) is 8.37. The molecule has 0 aromatic heterocycles. The average Bonchev–Trinajstić information content (AvgIpc) is 2.86. The Kier molecular flexibility index (Phi) is 3.41. The molecule has 0 amide bonds. The Morgan fingerprint density at radius 3 is 2.57 bits per heavy atom. The first-order valence-electron chi connectivity index (χ1n) is 5.28. The topological polar surface area (TPSA) is 30.5 Å². The van der Waals surface area contributed by atoms with E-state index in [1.807, 2.05) is 0 Å². The molecule has 0 aromatic rings. The van der Waals surface area contributed by atoms with E-state index in [2.05, 4.69) is 11.2 Å². The van der Waals surface area contributed by atoms with E-state index < -0.39 is 0 Å². The van der Waals surface area contributed by atoms with Crippen LogP contribution in [0, 0.1) is 18.3 Å². The second kappa shape index (κ2) is 4.79. The molecule has 2 rings (SSSR count). The molecule has 0 bridgehead atoms. The lowest BCUT2D eigenvalue weighted by atomic mass is 9.99. The monoisotopic (exact) mass is 195 g/mol. The molecular formula is C11H17NO2. The molecular weight excluding hydrogens is 178 g/mol. The fourth-order valence-electron chi connectivity index (χ4n) is 2.06. The van der Waals surface area contributed by atoms with E-state index >= 15 is 0 Å². The summed E-state index contributed by atoms with van der Waals surface area (Å²) in [6.45, 7) is 3.31. The van der Waals surface area contributed by atoms with E-state index in [0.29, 0.717) is 12.0 Å². The molecule has 78 valence electrons. The van der Waals surface area contributed by atoms with Gasteiger partial charge in [-0.25, -0.2) is 0 Å². The highest BCUT2D eigenvalue weighted by Gasteiger charge is 2.27. The van der Waals surface area contributed by atoms with Crippen molar-refractivity contribution in [3.63, 3.8) is 0 Å². The zero-order chi connectivity index (χ0) is 9.80. The summed E-state index contributed by atoms with van der Waals surface area (Å²) < 4.78 is 10.6. The van der Waals surface area contributed by atoms with Gasteiger partial charge in [0.1, 0.15) is 0 Å². The van der Waals surface area contributed by atoms with Crippen LogP contribution in [-0.2, 0) is 9.47 Å². The fourth-order valence-corrected chi connectivity index (χ4v) is 2.06. The summed E-state index contributed by atoms with van der Waals surface area (Å²) in [5.41, 5.74) is 0. The molecule has 0 spiro atoms. The normalized spacial score (nSPS) is 34.2. The van der Waals surface area contributed by atoms with E-state index in [1.165, 1.54) is 0 Å². The average molecular weight is 195 g/mol. The summed E-state index contributed by atoms with van der Waals surface area (Å²) in [6.07, 6.45) is 7.68. The van der Waals surface area contributed by atoms with Crippen LogP contribution in [0.15, 0.2) is 0 Å². The molecule has 14 heavy (non-hydrogen) atoms. The maximum Gasteiger partial charge on any atom is 0.0741 e. The van der Waals surface area contributed by atoms with Crippen molar-refractivity contribution < 1.29 is 9.47 Å². The fraction of sp³-hybridized carbons (Fsp3) is 0.818. The van der Waals surface area contributed by atoms with Crippen molar-refractivity contribution in [1.82, 2.24) is 5.32 Å². The van der Waals surface area contributed by atoms with E-state index in [1.54, 1.807) is 0 Å². The molecule has 0 radical (unpaired) electrons. The number of hydrogen-bond donors (Lipinski definition) is 1. The number of ether oxygens (including phenoxy) is 2. The summed E-state index contributed by atoms with van der Waals surface area (Å²) in [5, 5.41) is 3.47. The van der Waals surface area contributed by atoms with Crippen LogP contribution in [0.1, 0.15) is 12.8 Å². The van der Waals surface area contributed by atoms with Gasteiger partial charge in [0.25, 0.3) is 0 Å². The Morgan fingerprint density at radius 1 is 1.21 bits per heavy atom. The molecule has 2 aliphatic heterocycles. The molecule has 2 aliphatic rings. The summed E-state index contributed by atoms with van der Waals surface area (Å²) in [5.74, 6) is 3.31. The van der Waals surface area contributed by atoms with Gasteiger partial charge in [0.05, 0.1) is 19.3 Å². The van der Waals surface area contributed by atoms with E-state index in [4.69, 9.17) is 15.9 Å². The van der Waals surface area contributed by atoms with Crippen LogP contribution < -0.4 is 5.32 Å². The van der Waals surface area contributed by atoms with Crippen molar-refractivity contribution in [3.8, 4) is 12.3 Å². The molecule has 0 aromatic carbocycles. The standard InChI is InChI=1S/C11H17NO2/c1-2-11(9-3-5-13-7-9)12-10-4-6-14-8-10/h1,9-12H,3-8H2.